The standard InChI is InChI=1S/C16H28N4S.HI/c1-5-17-16(20-14-8-6-11(2)7-9-14)18-10-15-19-12(3)13(4)21-15;/h11,14H,5-10H2,1-4H3,(H2,17,18,20);1H. The average Bonchev–Trinajstić information content (AvgIpc) is 2.78. The van der Waals surface area contributed by atoms with Crippen LogP contribution in [0.5, 0.6) is 0 Å². The van der Waals surface area contributed by atoms with Crippen molar-refractivity contribution >= 4 is 41.3 Å². The lowest BCUT2D eigenvalue weighted by molar-refractivity contribution is 0.329. The SMILES string of the molecule is CCNC(=NCc1nc(C)c(C)s1)NC1CCC(C)CC1.I. The summed E-state index contributed by atoms with van der Waals surface area (Å²) in [6, 6.07) is 0.568. The summed E-state index contributed by atoms with van der Waals surface area (Å²) >= 11 is 1.75. The van der Waals surface area contributed by atoms with Crippen LogP contribution in [0.4, 0.5) is 0 Å². The van der Waals surface area contributed by atoms with Gasteiger partial charge in [-0.25, -0.2) is 9.98 Å². The van der Waals surface area contributed by atoms with Crippen molar-refractivity contribution < 1.29 is 0 Å². The molecule has 1 saturated carbocycles. The lowest BCUT2D eigenvalue weighted by Crippen LogP contribution is -2.44. The lowest BCUT2D eigenvalue weighted by Gasteiger charge is -2.28. The van der Waals surface area contributed by atoms with Crippen molar-refractivity contribution in [2.45, 2.75) is 66.0 Å². The third kappa shape index (κ3) is 6.02. The molecule has 2 N–H and O–H groups in total. The number of guanidine groups is 1. The molecule has 1 aromatic rings. The van der Waals surface area contributed by atoms with Crippen LogP contribution in [0.15, 0.2) is 4.99 Å². The molecule has 1 fully saturated rings. The number of aryl methyl sites for hydroxylation is 2. The third-order valence-electron chi connectivity index (χ3n) is 4.15. The van der Waals surface area contributed by atoms with Gasteiger partial charge in [0.05, 0.1) is 12.2 Å². The van der Waals surface area contributed by atoms with Crippen molar-refractivity contribution in [2.75, 3.05) is 6.54 Å². The highest BCUT2D eigenvalue weighted by molar-refractivity contribution is 14.0. The van der Waals surface area contributed by atoms with Crippen molar-refractivity contribution in [3.05, 3.63) is 15.6 Å². The summed E-state index contributed by atoms with van der Waals surface area (Å²) in [5.74, 6) is 1.81. The zero-order valence-electron chi connectivity index (χ0n) is 14.1. The van der Waals surface area contributed by atoms with E-state index in [1.165, 1.54) is 30.6 Å². The largest absolute Gasteiger partial charge is 0.357 e. The number of nitrogens with one attached hydrogen (secondary N) is 2. The van der Waals surface area contributed by atoms with Gasteiger partial charge in [-0.1, -0.05) is 6.92 Å². The summed E-state index contributed by atoms with van der Waals surface area (Å²) in [5, 5.41) is 8.03. The molecule has 0 bridgehead atoms. The summed E-state index contributed by atoms with van der Waals surface area (Å²) in [5.41, 5.74) is 1.13. The van der Waals surface area contributed by atoms with E-state index in [-0.39, 0.29) is 24.0 Å². The third-order valence-corrected chi connectivity index (χ3v) is 5.20. The first-order chi connectivity index (χ1) is 10.1. The van der Waals surface area contributed by atoms with Crippen LogP contribution in [-0.2, 0) is 6.54 Å². The molecule has 0 aliphatic heterocycles. The predicted octanol–water partition coefficient (Wildman–Crippen LogP) is 4.01. The first-order valence-corrected chi connectivity index (χ1v) is 8.88. The molecule has 0 radical (unpaired) electrons. The minimum atomic E-state index is 0. The number of halogens is 1. The second-order valence-electron chi connectivity index (χ2n) is 6.05. The van der Waals surface area contributed by atoms with Gasteiger partial charge >= 0.3 is 0 Å². The molecule has 1 aromatic heterocycles. The molecule has 1 aliphatic rings. The van der Waals surface area contributed by atoms with Crippen molar-refractivity contribution in [3.63, 3.8) is 0 Å². The maximum atomic E-state index is 4.69. The van der Waals surface area contributed by atoms with Gasteiger partial charge in [0.2, 0.25) is 0 Å². The fourth-order valence-electron chi connectivity index (χ4n) is 2.67. The molecule has 126 valence electrons. The second-order valence-corrected chi connectivity index (χ2v) is 7.33. The van der Waals surface area contributed by atoms with Crippen LogP contribution in [0.2, 0.25) is 0 Å². The van der Waals surface area contributed by atoms with Gasteiger partial charge in [0.15, 0.2) is 5.96 Å². The van der Waals surface area contributed by atoms with Gasteiger partial charge in [-0.2, -0.15) is 0 Å². The zero-order chi connectivity index (χ0) is 15.2. The fraction of sp³-hybridized carbons (Fsp3) is 0.750. The molecule has 0 atom stereocenters. The van der Waals surface area contributed by atoms with Crippen LogP contribution in [0.3, 0.4) is 0 Å². The minimum absolute atomic E-state index is 0. The van der Waals surface area contributed by atoms with Gasteiger partial charge in [-0.05, 0) is 52.4 Å². The molecular formula is C16H29IN4S. The Labute approximate surface area is 155 Å². The topological polar surface area (TPSA) is 49.3 Å². The Morgan fingerprint density at radius 1 is 1.27 bits per heavy atom. The number of hydrogen-bond acceptors (Lipinski definition) is 3. The molecule has 1 heterocycles. The van der Waals surface area contributed by atoms with Crippen LogP contribution >= 0.6 is 35.3 Å². The second kappa shape index (κ2) is 9.70. The van der Waals surface area contributed by atoms with E-state index in [4.69, 9.17) is 4.99 Å². The van der Waals surface area contributed by atoms with Crippen molar-refractivity contribution in [1.82, 2.24) is 15.6 Å². The smallest absolute Gasteiger partial charge is 0.191 e. The van der Waals surface area contributed by atoms with Crippen LogP contribution in [0, 0.1) is 19.8 Å². The molecule has 6 heteroatoms. The summed E-state index contributed by atoms with van der Waals surface area (Å²) in [6.45, 7) is 10.2. The van der Waals surface area contributed by atoms with E-state index in [0.717, 1.165) is 29.1 Å². The minimum Gasteiger partial charge on any atom is -0.357 e. The van der Waals surface area contributed by atoms with Crippen molar-refractivity contribution in [2.24, 2.45) is 10.9 Å². The van der Waals surface area contributed by atoms with Crippen LogP contribution in [0.1, 0.15) is 55.1 Å². The highest BCUT2D eigenvalue weighted by Crippen LogP contribution is 2.23. The Kier molecular flexibility index (Phi) is 8.67. The first-order valence-electron chi connectivity index (χ1n) is 8.06. The normalized spacial score (nSPS) is 22.1. The van der Waals surface area contributed by atoms with Gasteiger partial charge < -0.3 is 10.6 Å². The van der Waals surface area contributed by atoms with E-state index >= 15 is 0 Å². The number of aromatic nitrogens is 1. The van der Waals surface area contributed by atoms with Gasteiger partial charge in [-0.3, -0.25) is 0 Å². The Morgan fingerprint density at radius 2 is 1.95 bits per heavy atom. The van der Waals surface area contributed by atoms with Gasteiger partial charge in [-0.15, -0.1) is 35.3 Å². The number of thiazole rings is 1. The summed E-state index contributed by atoms with van der Waals surface area (Å²) in [7, 11) is 0. The quantitative estimate of drug-likeness (QED) is 0.426. The van der Waals surface area contributed by atoms with Crippen LogP contribution in [0.25, 0.3) is 0 Å². The molecule has 0 amide bonds. The van der Waals surface area contributed by atoms with Gasteiger partial charge in [0.1, 0.15) is 5.01 Å². The summed E-state index contributed by atoms with van der Waals surface area (Å²) < 4.78 is 0. The highest BCUT2D eigenvalue weighted by atomic mass is 127. The van der Waals surface area contributed by atoms with Crippen molar-refractivity contribution in [3.8, 4) is 0 Å². The van der Waals surface area contributed by atoms with E-state index in [1.807, 2.05) is 0 Å². The fourth-order valence-corrected chi connectivity index (χ4v) is 3.53. The molecule has 22 heavy (non-hydrogen) atoms. The Balaban J connectivity index is 0.00000242. The molecule has 4 nitrogen and oxygen atoms in total. The zero-order valence-corrected chi connectivity index (χ0v) is 17.3. The monoisotopic (exact) mass is 436 g/mol. The molecule has 2 rings (SSSR count). The van der Waals surface area contributed by atoms with E-state index in [9.17, 15) is 0 Å². The van der Waals surface area contributed by atoms with E-state index in [2.05, 4.69) is 43.3 Å². The molecular weight excluding hydrogens is 407 g/mol. The number of nitrogens with zero attached hydrogens (tertiary/aromatic N) is 2. The molecule has 0 spiro atoms. The lowest BCUT2D eigenvalue weighted by atomic mass is 9.87. The highest BCUT2D eigenvalue weighted by Gasteiger charge is 2.18. The number of rotatable bonds is 4. The Hall–Kier alpha value is -0.370. The number of hydrogen-bond donors (Lipinski definition) is 2. The van der Waals surface area contributed by atoms with E-state index in [0.29, 0.717) is 12.6 Å². The maximum Gasteiger partial charge on any atom is 0.191 e. The Morgan fingerprint density at radius 3 is 2.50 bits per heavy atom. The maximum absolute atomic E-state index is 4.69. The summed E-state index contributed by atoms with van der Waals surface area (Å²) in [4.78, 5) is 10.5. The van der Waals surface area contributed by atoms with Gasteiger partial charge in [0, 0.05) is 17.5 Å². The molecule has 0 saturated heterocycles. The molecule has 0 unspecified atom stereocenters. The van der Waals surface area contributed by atoms with E-state index < -0.39 is 0 Å². The summed E-state index contributed by atoms with van der Waals surface area (Å²) in [6.07, 6.45) is 5.14. The molecule has 0 aromatic carbocycles. The van der Waals surface area contributed by atoms with Crippen LogP contribution < -0.4 is 10.6 Å². The van der Waals surface area contributed by atoms with Crippen molar-refractivity contribution in [1.29, 1.82) is 0 Å². The molecule has 1 aliphatic carbocycles. The Bertz CT molecular complexity index is 459. The predicted molar refractivity (Wildman–Crippen MR) is 106 cm³/mol. The van der Waals surface area contributed by atoms with Gasteiger partial charge in [0.25, 0.3) is 0 Å². The van der Waals surface area contributed by atoms with Crippen LogP contribution in [-0.4, -0.2) is 23.5 Å². The first kappa shape index (κ1) is 19.7. The average molecular weight is 436 g/mol. The van der Waals surface area contributed by atoms with E-state index in [1.54, 1.807) is 11.3 Å². The number of aliphatic imine (C=N–C) groups is 1.